The molecular formula is C33H46O2. The van der Waals surface area contributed by atoms with Crippen LogP contribution >= 0.6 is 0 Å². The monoisotopic (exact) mass is 474 g/mol. The highest BCUT2D eigenvalue weighted by molar-refractivity contribution is 5.39. The first-order chi connectivity index (χ1) is 16.8. The van der Waals surface area contributed by atoms with Gasteiger partial charge in [-0.15, -0.1) is 0 Å². The van der Waals surface area contributed by atoms with Gasteiger partial charge in [-0.25, -0.2) is 0 Å². The van der Waals surface area contributed by atoms with Crippen LogP contribution in [-0.2, 0) is 19.3 Å². The number of phenolic OH excluding ortho intramolecular Hbond substituents is 1. The lowest BCUT2D eigenvalue weighted by atomic mass is 9.61. The molecule has 2 aliphatic rings. The lowest BCUT2D eigenvalue weighted by Crippen LogP contribution is -2.33. The van der Waals surface area contributed by atoms with Crippen LogP contribution < -0.4 is 0 Å². The molecule has 0 aromatic heterocycles. The molecule has 5 unspecified atom stereocenters. The Bertz CT molecular complexity index is 990. The van der Waals surface area contributed by atoms with Gasteiger partial charge in [0.15, 0.2) is 0 Å². The number of hydrogen-bond donors (Lipinski definition) is 2. The molecule has 35 heavy (non-hydrogen) atoms. The van der Waals surface area contributed by atoms with Crippen LogP contribution in [0.4, 0.5) is 0 Å². The molecule has 0 bridgehead atoms. The van der Waals surface area contributed by atoms with Crippen LogP contribution in [0.1, 0.15) is 94.4 Å². The van der Waals surface area contributed by atoms with E-state index < -0.39 is 0 Å². The number of hydrogen-bond acceptors (Lipinski definition) is 2. The fraction of sp³-hybridized carbons (Fsp3) is 0.576. The van der Waals surface area contributed by atoms with E-state index in [0.717, 1.165) is 43.9 Å². The fourth-order valence-corrected chi connectivity index (χ4v) is 6.93. The predicted octanol–water partition coefficient (Wildman–Crippen LogP) is 8.03. The molecule has 5 atom stereocenters. The minimum Gasteiger partial charge on any atom is -0.508 e. The molecule has 2 nitrogen and oxygen atoms in total. The van der Waals surface area contributed by atoms with Crippen LogP contribution in [-0.4, -0.2) is 16.3 Å². The third-order valence-electron chi connectivity index (χ3n) is 8.68. The van der Waals surface area contributed by atoms with E-state index in [4.69, 9.17) is 0 Å². The number of aryl methyl sites for hydroxylation is 1. The average molecular weight is 475 g/mol. The van der Waals surface area contributed by atoms with Crippen molar-refractivity contribution in [2.45, 2.75) is 97.5 Å². The highest BCUT2D eigenvalue weighted by atomic mass is 16.3. The number of benzene rings is 2. The summed E-state index contributed by atoms with van der Waals surface area (Å²) in [5.41, 5.74) is 5.54. The van der Waals surface area contributed by atoms with Crippen molar-refractivity contribution in [3.63, 3.8) is 0 Å². The number of phenols is 1. The Labute approximate surface area is 213 Å². The molecule has 2 aliphatic carbocycles. The minimum absolute atomic E-state index is 0.240. The summed E-state index contributed by atoms with van der Waals surface area (Å²) in [4.78, 5) is 0. The van der Waals surface area contributed by atoms with Crippen molar-refractivity contribution in [2.75, 3.05) is 0 Å². The third kappa shape index (κ3) is 7.23. The topological polar surface area (TPSA) is 40.5 Å². The largest absolute Gasteiger partial charge is 0.508 e. The lowest BCUT2D eigenvalue weighted by Gasteiger charge is -2.43. The van der Waals surface area contributed by atoms with Gasteiger partial charge in [0.2, 0.25) is 0 Å². The molecule has 4 rings (SSSR count). The van der Waals surface area contributed by atoms with E-state index in [1.165, 1.54) is 60.8 Å². The maximum atomic E-state index is 10.6. The van der Waals surface area contributed by atoms with Gasteiger partial charge in [-0.3, -0.25) is 0 Å². The number of aliphatic hydroxyl groups excluding tert-OH is 1. The Balaban J connectivity index is 1.43. The molecule has 0 aliphatic heterocycles. The molecule has 0 heterocycles. The van der Waals surface area contributed by atoms with Crippen LogP contribution in [0.5, 0.6) is 5.75 Å². The SMILES string of the molecule is CC(O)CCCc1ccccc1Cc1cc(O)cc(CC2CCCC(C3(C)C=CCC(C)C3)C2)c1. The molecule has 0 saturated heterocycles. The van der Waals surface area contributed by atoms with Crippen molar-refractivity contribution in [3.05, 3.63) is 76.9 Å². The molecule has 0 spiro atoms. The lowest BCUT2D eigenvalue weighted by molar-refractivity contribution is 0.119. The van der Waals surface area contributed by atoms with Gasteiger partial charge < -0.3 is 10.2 Å². The highest BCUT2D eigenvalue weighted by Gasteiger charge is 2.37. The molecule has 1 fully saturated rings. The zero-order chi connectivity index (χ0) is 24.8. The molecule has 0 amide bonds. The summed E-state index contributed by atoms with van der Waals surface area (Å²) in [6, 6.07) is 14.9. The molecule has 0 radical (unpaired) electrons. The van der Waals surface area contributed by atoms with Crippen molar-refractivity contribution in [1.82, 2.24) is 0 Å². The Morgan fingerprint density at radius 2 is 1.83 bits per heavy atom. The molecule has 2 aromatic carbocycles. The van der Waals surface area contributed by atoms with E-state index in [9.17, 15) is 10.2 Å². The molecule has 190 valence electrons. The summed E-state index contributed by atoms with van der Waals surface area (Å²) in [5, 5.41) is 20.2. The maximum Gasteiger partial charge on any atom is 0.116 e. The summed E-state index contributed by atoms with van der Waals surface area (Å²) in [6.45, 7) is 6.76. The number of aliphatic hydroxyl groups is 1. The first-order valence-electron chi connectivity index (χ1n) is 14.0. The zero-order valence-corrected chi connectivity index (χ0v) is 22.2. The van der Waals surface area contributed by atoms with Gasteiger partial charge in [-0.05, 0) is 122 Å². The third-order valence-corrected chi connectivity index (χ3v) is 8.68. The Kier molecular flexibility index (Phi) is 8.76. The van der Waals surface area contributed by atoms with E-state index >= 15 is 0 Å². The molecule has 2 N–H and O–H groups in total. The normalized spacial score (nSPS) is 27.6. The minimum atomic E-state index is -0.240. The van der Waals surface area contributed by atoms with Gasteiger partial charge in [0.25, 0.3) is 0 Å². The summed E-state index contributed by atoms with van der Waals surface area (Å²) < 4.78 is 0. The van der Waals surface area contributed by atoms with E-state index in [-0.39, 0.29) is 6.10 Å². The zero-order valence-electron chi connectivity index (χ0n) is 22.2. The second-order valence-electron chi connectivity index (χ2n) is 12.1. The summed E-state index contributed by atoms with van der Waals surface area (Å²) in [6.07, 6.45) is 17.3. The van der Waals surface area contributed by atoms with Crippen LogP contribution in [0, 0.1) is 23.2 Å². The Morgan fingerprint density at radius 3 is 2.60 bits per heavy atom. The number of allylic oxidation sites excluding steroid dienone is 2. The molecule has 1 saturated carbocycles. The Hall–Kier alpha value is -2.06. The first kappa shape index (κ1) is 26.0. The quantitative estimate of drug-likeness (QED) is 0.361. The van der Waals surface area contributed by atoms with Gasteiger partial charge >= 0.3 is 0 Å². The van der Waals surface area contributed by atoms with Gasteiger partial charge in [-0.2, -0.15) is 0 Å². The number of aromatic hydroxyl groups is 1. The van der Waals surface area contributed by atoms with Gasteiger partial charge in [-0.1, -0.05) is 69.2 Å². The summed E-state index contributed by atoms with van der Waals surface area (Å²) in [7, 11) is 0. The van der Waals surface area contributed by atoms with E-state index in [1.807, 2.05) is 19.1 Å². The Morgan fingerprint density at radius 1 is 1.06 bits per heavy atom. The van der Waals surface area contributed by atoms with Crippen LogP contribution in [0.15, 0.2) is 54.6 Å². The van der Waals surface area contributed by atoms with Crippen molar-refractivity contribution in [1.29, 1.82) is 0 Å². The van der Waals surface area contributed by atoms with E-state index in [1.54, 1.807) is 0 Å². The number of rotatable bonds is 9. The standard InChI is InChI=1S/C33H46O2/c1-24-9-8-16-33(3,23-24)31-15-7-11-26(20-31)17-27-18-28(22-32(35)21-27)19-30-13-5-4-12-29(30)14-6-10-25(2)34/h4-5,8,12-13,16,18,21-22,24-26,31,34-35H,6-7,9-11,14-15,17,19-20,23H2,1-3H3. The highest BCUT2D eigenvalue weighted by Crippen LogP contribution is 2.48. The summed E-state index contributed by atoms with van der Waals surface area (Å²) in [5.74, 6) is 2.69. The molecule has 2 aromatic rings. The first-order valence-corrected chi connectivity index (χ1v) is 14.0. The predicted molar refractivity (Wildman–Crippen MR) is 147 cm³/mol. The van der Waals surface area contributed by atoms with Crippen LogP contribution in [0.2, 0.25) is 0 Å². The summed E-state index contributed by atoms with van der Waals surface area (Å²) >= 11 is 0. The second-order valence-corrected chi connectivity index (χ2v) is 12.1. The van der Waals surface area contributed by atoms with Crippen LogP contribution in [0.3, 0.4) is 0 Å². The van der Waals surface area contributed by atoms with Crippen molar-refractivity contribution >= 4 is 0 Å². The molecular weight excluding hydrogens is 428 g/mol. The van der Waals surface area contributed by atoms with Gasteiger partial charge in [0.05, 0.1) is 6.10 Å². The second kappa shape index (κ2) is 11.8. The van der Waals surface area contributed by atoms with E-state index in [2.05, 4.69) is 56.3 Å². The van der Waals surface area contributed by atoms with Crippen molar-refractivity contribution in [2.24, 2.45) is 23.2 Å². The van der Waals surface area contributed by atoms with Crippen LogP contribution in [0.25, 0.3) is 0 Å². The van der Waals surface area contributed by atoms with Crippen molar-refractivity contribution in [3.8, 4) is 5.75 Å². The van der Waals surface area contributed by atoms with Crippen molar-refractivity contribution < 1.29 is 10.2 Å². The molecule has 2 heteroatoms. The van der Waals surface area contributed by atoms with E-state index in [0.29, 0.717) is 17.1 Å². The smallest absolute Gasteiger partial charge is 0.116 e. The average Bonchev–Trinajstić information content (AvgIpc) is 2.80. The van der Waals surface area contributed by atoms with Gasteiger partial charge in [0.1, 0.15) is 5.75 Å². The maximum absolute atomic E-state index is 10.6. The van der Waals surface area contributed by atoms with Gasteiger partial charge in [0, 0.05) is 0 Å². The fourth-order valence-electron chi connectivity index (χ4n) is 6.93.